The number of para-hydroxylation sites is 1. The van der Waals surface area contributed by atoms with E-state index in [0.717, 1.165) is 0 Å². The van der Waals surface area contributed by atoms with Gasteiger partial charge in [0.1, 0.15) is 11.3 Å². The van der Waals surface area contributed by atoms with Crippen molar-refractivity contribution in [3.63, 3.8) is 0 Å². The molecular weight excluding hydrogens is 244 g/mol. The summed E-state index contributed by atoms with van der Waals surface area (Å²) >= 11 is 5.67. The first-order valence-electron chi connectivity index (χ1n) is 4.85. The lowest BCUT2D eigenvalue weighted by Crippen LogP contribution is -2.13. The van der Waals surface area contributed by atoms with E-state index in [9.17, 15) is 9.90 Å². The summed E-state index contributed by atoms with van der Waals surface area (Å²) in [5.41, 5.74) is 0.499. The Morgan fingerprint density at radius 2 is 2.12 bits per heavy atom. The quantitative estimate of drug-likeness (QED) is 0.696. The van der Waals surface area contributed by atoms with Crippen LogP contribution in [-0.4, -0.2) is 14.7 Å². The second kappa shape index (κ2) is 3.43. The number of halogens is 1. The van der Waals surface area contributed by atoms with E-state index in [4.69, 9.17) is 16.0 Å². The van der Waals surface area contributed by atoms with Crippen molar-refractivity contribution >= 4 is 22.6 Å². The smallest absolute Gasteiger partial charge is 0.333 e. The molecule has 3 aromatic rings. The number of nitrogens with one attached hydrogen (secondary N) is 1. The van der Waals surface area contributed by atoms with Gasteiger partial charge in [-0.3, -0.25) is 0 Å². The number of phenolic OH excluding ortho intramolecular Hbond substituents is 1. The third-order valence-corrected chi connectivity index (χ3v) is 2.67. The molecule has 2 aromatic heterocycles. The Morgan fingerprint density at radius 3 is 2.82 bits per heavy atom. The molecule has 0 atom stereocenters. The third kappa shape index (κ3) is 1.43. The number of hydrogen-bond acceptors (Lipinski definition) is 3. The Balaban J connectivity index is 2.43. The van der Waals surface area contributed by atoms with Crippen LogP contribution in [0.15, 0.2) is 39.5 Å². The van der Waals surface area contributed by atoms with Gasteiger partial charge in [0.25, 0.3) is 0 Å². The van der Waals surface area contributed by atoms with Crippen LogP contribution in [-0.2, 0) is 0 Å². The predicted molar refractivity (Wildman–Crippen MR) is 62.8 cm³/mol. The number of phenols is 1. The molecule has 1 aromatic carbocycles. The van der Waals surface area contributed by atoms with Crippen LogP contribution in [0.1, 0.15) is 0 Å². The fourth-order valence-electron chi connectivity index (χ4n) is 1.78. The SMILES string of the molecule is O=c1[nH]c2cccc(O)c2n1-c1ccc(Cl)o1. The number of aromatic hydroxyl groups is 1. The van der Waals surface area contributed by atoms with Crippen molar-refractivity contribution in [3.8, 4) is 11.6 Å². The van der Waals surface area contributed by atoms with Gasteiger partial charge in [-0.15, -0.1) is 0 Å². The molecule has 0 aliphatic heterocycles. The zero-order valence-corrected chi connectivity index (χ0v) is 9.23. The van der Waals surface area contributed by atoms with Gasteiger partial charge in [-0.05, 0) is 29.8 Å². The number of rotatable bonds is 1. The average molecular weight is 251 g/mol. The Hall–Kier alpha value is -2.14. The van der Waals surface area contributed by atoms with Crippen LogP contribution in [0.4, 0.5) is 0 Å². The lowest BCUT2D eigenvalue weighted by Gasteiger charge is -2.00. The number of aromatic amines is 1. The number of aromatic nitrogens is 2. The first kappa shape index (κ1) is 10.0. The molecule has 0 radical (unpaired) electrons. The molecule has 0 saturated heterocycles. The Kier molecular flexibility index (Phi) is 2.02. The molecule has 0 bridgehead atoms. The molecule has 0 aliphatic rings. The molecule has 6 heteroatoms. The highest BCUT2D eigenvalue weighted by atomic mass is 35.5. The lowest BCUT2D eigenvalue weighted by molar-refractivity contribution is 0.476. The highest BCUT2D eigenvalue weighted by Crippen LogP contribution is 2.26. The second-order valence-corrected chi connectivity index (χ2v) is 3.89. The summed E-state index contributed by atoms with van der Waals surface area (Å²) < 4.78 is 6.40. The van der Waals surface area contributed by atoms with Gasteiger partial charge in [0.15, 0.2) is 5.22 Å². The van der Waals surface area contributed by atoms with Gasteiger partial charge in [0, 0.05) is 6.07 Å². The van der Waals surface area contributed by atoms with Crippen LogP contribution in [0.5, 0.6) is 5.75 Å². The first-order chi connectivity index (χ1) is 8.16. The molecule has 0 saturated carbocycles. The summed E-state index contributed by atoms with van der Waals surface area (Å²) in [7, 11) is 0. The van der Waals surface area contributed by atoms with Gasteiger partial charge < -0.3 is 14.5 Å². The Bertz CT molecular complexity index is 754. The average Bonchev–Trinajstić information content (AvgIpc) is 2.82. The van der Waals surface area contributed by atoms with E-state index in [0.29, 0.717) is 11.0 Å². The monoisotopic (exact) mass is 250 g/mol. The highest BCUT2D eigenvalue weighted by Gasteiger charge is 2.14. The minimum Gasteiger partial charge on any atom is -0.506 e. The number of fused-ring (bicyclic) bond motifs is 1. The lowest BCUT2D eigenvalue weighted by atomic mass is 10.3. The van der Waals surface area contributed by atoms with Crippen molar-refractivity contribution < 1.29 is 9.52 Å². The van der Waals surface area contributed by atoms with Crippen LogP contribution in [0.2, 0.25) is 5.22 Å². The van der Waals surface area contributed by atoms with Gasteiger partial charge in [0.05, 0.1) is 5.52 Å². The Morgan fingerprint density at radius 1 is 1.29 bits per heavy atom. The van der Waals surface area contributed by atoms with Gasteiger partial charge in [-0.2, -0.15) is 0 Å². The van der Waals surface area contributed by atoms with Crippen LogP contribution >= 0.6 is 11.6 Å². The number of furan rings is 1. The minimum absolute atomic E-state index is 0.00614. The van der Waals surface area contributed by atoms with Crippen LogP contribution in [0.3, 0.4) is 0 Å². The van der Waals surface area contributed by atoms with Crippen molar-refractivity contribution in [2.75, 3.05) is 0 Å². The zero-order valence-electron chi connectivity index (χ0n) is 8.48. The highest BCUT2D eigenvalue weighted by molar-refractivity contribution is 6.28. The fraction of sp³-hybridized carbons (Fsp3) is 0. The minimum atomic E-state index is -0.396. The topological polar surface area (TPSA) is 71.2 Å². The van der Waals surface area contributed by atoms with Crippen molar-refractivity contribution in [3.05, 3.63) is 46.0 Å². The van der Waals surface area contributed by atoms with Gasteiger partial charge >= 0.3 is 5.69 Å². The number of imidazole rings is 1. The normalized spacial score (nSPS) is 11.1. The van der Waals surface area contributed by atoms with Crippen LogP contribution in [0, 0.1) is 0 Å². The summed E-state index contributed by atoms with van der Waals surface area (Å²) in [4.78, 5) is 14.4. The fourth-order valence-corrected chi connectivity index (χ4v) is 1.92. The molecule has 0 amide bonds. The maximum absolute atomic E-state index is 11.8. The largest absolute Gasteiger partial charge is 0.506 e. The summed E-state index contributed by atoms with van der Waals surface area (Å²) in [6, 6.07) is 7.92. The van der Waals surface area contributed by atoms with E-state index in [1.807, 2.05) is 0 Å². The molecule has 3 rings (SSSR count). The zero-order chi connectivity index (χ0) is 12.0. The van der Waals surface area contributed by atoms with E-state index >= 15 is 0 Å². The van der Waals surface area contributed by atoms with E-state index in [1.165, 1.54) is 16.7 Å². The summed E-state index contributed by atoms with van der Waals surface area (Å²) in [6.07, 6.45) is 0. The van der Waals surface area contributed by atoms with Crippen molar-refractivity contribution in [2.45, 2.75) is 0 Å². The molecule has 5 nitrogen and oxygen atoms in total. The molecule has 17 heavy (non-hydrogen) atoms. The van der Waals surface area contributed by atoms with Crippen LogP contribution < -0.4 is 5.69 Å². The van der Waals surface area contributed by atoms with E-state index < -0.39 is 5.69 Å². The van der Waals surface area contributed by atoms with E-state index in [-0.39, 0.29) is 16.9 Å². The molecule has 2 heterocycles. The van der Waals surface area contributed by atoms with E-state index in [1.54, 1.807) is 18.2 Å². The van der Waals surface area contributed by atoms with Crippen LogP contribution in [0.25, 0.3) is 16.9 Å². The number of benzene rings is 1. The maximum Gasteiger partial charge on any atom is 0.333 e. The number of nitrogens with zero attached hydrogens (tertiary/aromatic N) is 1. The molecular formula is C11H7ClN2O3. The molecule has 0 fully saturated rings. The summed E-state index contributed by atoms with van der Waals surface area (Å²) in [5, 5.41) is 9.96. The van der Waals surface area contributed by atoms with Crippen molar-refractivity contribution in [1.29, 1.82) is 0 Å². The standard InChI is InChI=1S/C11H7ClN2O3/c12-8-4-5-9(17-8)14-10-6(13-11(14)16)2-1-3-7(10)15/h1-5,15H,(H,13,16). The summed E-state index contributed by atoms with van der Waals surface area (Å²) in [5.74, 6) is 0.251. The maximum atomic E-state index is 11.8. The molecule has 0 spiro atoms. The predicted octanol–water partition coefficient (Wildman–Crippen LogP) is 2.27. The van der Waals surface area contributed by atoms with E-state index in [2.05, 4.69) is 4.98 Å². The molecule has 0 unspecified atom stereocenters. The molecule has 0 aliphatic carbocycles. The Labute approximate surface area is 99.9 Å². The third-order valence-electron chi connectivity index (χ3n) is 2.46. The van der Waals surface area contributed by atoms with Gasteiger partial charge in [0.2, 0.25) is 5.88 Å². The van der Waals surface area contributed by atoms with Gasteiger partial charge in [-0.1, -0.05) is 6.07 Å². The van der Waals surface area contributed by atoms with Crippen molar-refractivity contribution in [1.82, 2.24) is 9.55 Å². The van der Waals surface area contributed by atoms with Gasteiger partial charge in [-0.25, -0.2) is 9.36 Å². The molecule has 2 N–H and O–H groups in total. The number of H-pyrrole nitrogens is 1. The van der Waals surface area contributed by atoms with Crippen molar-refractivity contribution in [2.24, 2.45) is 0 Å². The first-order valence-corrected chi connectivity index (χ1v) is 5.23. The second-order valence-electron chi connectivity index (χ2n) is 3.52. The molecule has 86 valence electrons. The number of hydrogen-bond donors (Lipinski definition) is 2. The summed E-state index contributed by atoms with van der Waals surface area (Å²) in [6.45, 7) is 0.